The van der Waals surface area contributed by atoms with Crippen LogP contribution in [0.4, 0.5) is 10.5 Å². The van der Waals surface area contributed by atoms with Crippen molar-refractivity contribution in [3.8, 4) is 0 Å². The number of aryl methyl sites for hydroxylation is 1. The van der Waals surface area contributed by atoms with Crippen LogP contribution in [0.5, 0.6) is 0 Å². The van der Waals surface area contributed by atoms with E-state index < -0.39 is 21.7 Å². The van der Waals surface area contributed by atoms with E-state index in [9.17, 15) is 13.2 Å². The number of carbonyl (C=O) groups is 1. The van der Waals surface area contributed by atoms with Gasteiger partial charge in [0, 0.05) is 18.8 Å². The van der Waals surface area contributed by atoms with Crippen LogP contribution in [0.25, 0.3) is 0 Å². The third kappa shape index (κ3) is 6.45. The molecule has 8 heteroatoms. The van der Waals surface area contributed by atoms with Crippen molar-refractivity contribution in [2.45, 2.75) is 45.1 Å². The van der Waals surface area contributed by atoms with Gasteiger partial charge >= 0.3 is 6.09 Å². The molecule has 0 fully saturated rings. The van der Waals surface area contributed by atoms with Crippen LogP contribution in [0.2, 0.25) is 0 Å². The highest BCUT2D eigenvalue weighted by Crippen LogP contribution is 2.23. The molecule has 0 aliphatic rings. The van der Waals surface area contributed by atoms with E-state index in [-0.39, 0.29) is 4.90 Å². The Balaban J connectivity index is 2.65. The fourth-order valence-corrected chi connectivity index (χ4v) is 2.47. The van der Waals surface area contributed by atoms with Crippen LogP contribution in [0, 0.1) is 13.8 Å². The van der Waals surface area contributed by atoms with Gasteiger partial charge in [-0.05, 0) is 57.9 Å². The van der Waals surface area contributed by atoms with Crippen LogP contribution in [0.1, 0.15) is 31.9 Å². The quantitative estimate of drug-likeness (QED) is 0.707. The summed E-state index contributed by atoms with van der Waals surface area (Å²) in [4.78, 5) is 11.6. The molecule has 1 amide bonds. The van der Waals surface area contributed by atoms with Crippen molar-refractivity contribution in [3.05, 3.63) is 23.3 Å². The highest BCUT2D eigenvalue weighted by molar-refractivity contribution is 7.89. The number of sulfonamides is 1. The van der Waals surface area contributed by atoms with E-state index in [1.807, 2.05) is 13.8 Å². The Morgan fingerprint density at radius 3 is 2.35 bits per heavy atom. The molecule has 0 heterocycles. The molecule has 0 unspecified atom stereocenters. The molecular weight excluding hydrogens is 318 g/mol. The van der Waals surface area contributed by atoms with Crippen LogP contribution >= 0.6 is 0 Å². The standard InChI is InChI=1S/C15H25N3O4S/c1-10-8-12(23(16,20)21)9-13(11(10)2)17-6-7-18-14(19)22-15(3,4)5/h8-9,17H,6-7H2,1-5H3,(H,18,19)(H2,16,20,21). The summed E-state index contributed by atoms with van der Waals surface area (Å²) in [5.74, 6) is 0. The van der Waals surface area contributed by atoms with Crippen molar-refractivity contribution in [1.29, 1.82) is 0 Å². The summed E-state index contributed by atoms with van der Waals surface area (Å²) in [7, 11) is -3.76. The monoisotopic (exact) mass is 343 g/mol. The second-order valence-electron chi connectivity index (χ2n) is 6.31. The molecule has 1 aromatic carbocycles. The van der Waals surface area contributed by atoms with E-state index in [0.717, 1.165) is 11.1 Å². The summed E-state index contributed by atoms with van der Waals surface area (Å²) >= 11 is 0. The van der Waals surface area contributed by atoms with E-state index >= 15 is 0 Å². The second-order valence-corrected chi connectivity index (χ2v) is 7.87. The number of benzene rings is 1. The molecule has 0 bridgehead atoms. The number of amides is 1. The average Bonchev–Trinajstić information content (AvgIpc) is 2.35. The minimum atomic E-state index is -3.76. The predicted octanol–water partition coefficient (Wildman–Crippen LogP) is 1.89. The van der Waals surface area contributed by atoms with Crippen molar-refractivity contribution in [1.82, 2.24) is 5.32 Å². The molecule has 23 heavy (non-hydrogen) atoms. The number of anilines is 1. The molecule has 7 nitrogen and oxygen atoms in total. The Labute approximate surface area is 137 Å². The van der Waals surface area contributed by atoms with Gasteiger partial charge in [0.2, 0.25) is 10.0 Å². The first-order chi connectivity index (χ1) is 10.4. The second kappa shape index (κ2) is 7.18. The molecule has 0 aromatic heterocycles. The Bertz CT molecular complexity index is 679. The average molecular weight is 343 g/mol. The number of alkyl carbamates (subject to hydrolysis) is 1. The van der Waals surface area contributed by atoms with Gasteiger partial charge in [0.1, 0.15) is 5.60 Å². The van der Waals surface area contributed by atoms with Gasteiger partial charge in [-0.1, -0.05) is 0 Å². The fourth-order valence-electron chi connectivity index (χ4n) is 1.85. The third-order valence-electron chi connectivity index (χ3n) is 3.08. The molecule has 4 N–H and O–H groups in total. The molecule has 0 aliphatic carbocycles. The van der Waals surface area contributed by atoms with E-state index in [2.05, 4.69) is 10.6 Å². The van der Waals surface area contributed by atoms with Crippen molar-refractivity contribution in [3.63, 3.8) is 0 Å². The van der Waals surface area contributed by atoms with Crippen molar-refractivity contribution < 1.29 is 17.9 Å². The van der Waals surface area contributed by atoms with Crippen molar-refractivity contribution in [2.75, 3.05) is 18.4 Å². The van der Waals surface area contributed by atoms with Gasteiger partial charge < -0.3 is 15.4 Å². The third-order valence-corrected chi connectivity index (χ3v) is 3.97. The molecule has 0 aliphatic heterocycles. The summed E-state index contributed by atoms with van der Waals surface area (Å²) in [6.45, 7) is 9.82. The van der Waals surface area contributed by atoms with Crippen molar-refractivity contribution in [2.24, 2.45) is 5.14 Å². The number of hydrogen-bond acceptors (Lipinski definition) is 5. The minimum absolute atomic E-state index is 0.0585. The lowest BCUT2D eigenvalue weighted by Gasteiger charge is -2.20. The maximum atomic E-state index is 11.5. The largest absolute Gasteiger partial charge is 0.444 e. The van der Waals surface area contributed by atoms with Gasteiger partial charge in [-0.25, -0.2) is 18.4 Å². The van der Waals surface area contributed by atoms with Gasteiger partial charge in [0.15, 0.2) is 0 Å². The number of rotatable bonds is 5. The SMILES string of the molecule is Cc1cc(S(N)(=O)=O)cc(NCCNC(=O)OC(C)(C)C)c1C. The van der Waals surface area contributed by atoms with Gasteiger partial charge in [-0.2, -0.15) is 0 Å². The van der Waals surface area contributed by atoms with Gasteiger partial charge in [-0.3, -0.25) is 0 Å². The Morgan fingerprint density at radius 2 is 1.83 bits per heavy atom. The molecule has 0 spiro atoms. The number of nitrogens with two attached hydrogens (primary N) is 1. The molecule has 0 saturated carbocycles. The summed E-state index contributed by atoms with van der Waals surface area (Å²) in [6, 6.07) is 3.03. The first-order valence-electron chi connectivity index (χ1n) is 7.25. The molecule has 1 rings (SSSR count). The summed E-state index contributed by atoms with van der Waals surface area (Å²) in [5.41, 5.74) is 1.86. The number of hydrogen-bond donors (Lipinski definition) is 3. The first kappa shape index (κ1) is 19.2. The topological polar surface area (TPSA) is 111 Å². The Kier molecular flexibility index (Phi) is 6.01. The zero-order valence-electron chi connectivity index (χ0n) is 14.2. The maximum Gasteiger partial charge on any atom is 0.407 e. The summed E-state index contributed by atoms with van der Waals surface area (Å²) in [5, 5.41) is 10.9. The molecular formula is C15H25N3O4S. The highest BCUT2D eigenvalue weighted by Gasteiger charge is 2.16. The van der Waals surface area contributed by atoms with E-state index in [1.165, 1.54) is 12.1 Å². The Hall–Kier alpha value is -1.80. The van der Waals surface area contributed by atoms with Crippen LogP contribution in [0.3, 0.4) is 0 Å². The Morgan fingerprint density at radius 1 is 1.22 bits per heavy atom. The van der Waals surface area contributed by atoms with Crippen LogP contribution in [0.15, 0.2) is 17.0 Å². The molecule has 0 atom stereocenters. The van der Waals surface area contributed by atoms with Crippen molar-refractivity contribution >= 4 is 21.8 Å². The lowest BCUT2D eigenvalue weighted by atomic mass is 10.1. The number of primary sulfonamides is 1. The van der Waals surface area contributed by atoms with Crippen LogP contribution < -0.4 is 15.8 Å². The maximum absolute atomic E-state index is 11.5. The summed E-state index contributed by atoms with van der Waals surface area (Å²) in [6.07, 6.45) is -0.495. The number of ether oxygens (including phenoxy) is 1. The molecule has 0 radical (unpaired) electrons. The lowest BCUT2D eigenvalue weighted by molar-refractivity contribution is 0.0530. The lowest BCUT2D eigenvalue weighted by Crippen LogP contribution is -2.35. The van der Waals surface area contributed by atoms with E-state index in [4.69, 9.17) is 9.88 Å². The van der Waals surface area contributed by atoms with Gasteiger partial charge in [0.05, 0.1) is 4.90 Å². The zero-order valence-corrected chi connectivity index (χ0v) is 15.0. The van der Waals surface area contributed by atoms with Crippen LogP contribution in [-0.4, -0.2) is 33.2 Å². The van der Waals surface area contributed by atoms with Gasteiger partial charge in [0.25, 0.3) is 0 Å². The minimum Gasteiger partial charge on any atom is -0.444 e. The highest BCUT2D eigenvalue weighted by atomic mass is 32.2. The molecule has 130 valence electrons. The van der Waals surface area contributed by atoms with E-state index in [1.54, 1.807) is 20.8 Å². The predicted molar refractivity (Wildman–Crippen MR) is 90.0 cm³/mol. The van der Waals surface area contributed by atoms with Gasteiger partial charge in [-0.15, -0.1) is 0 Å². The summed E-state index contributed by atoms with van der Waals surface area (Å²) < 4.78 is 28.1. The molecule has 0 saturated heterocycles. The smallest absolute Gasteiger partial charge is 0.407 e. The van der Waals surface area contributed by atoms with Crippen LogP contribution in [-0.2, 0) is 14.8 Å². The first-order valence-corrected chi connectivity index (χ1v) is 8.79. The number of carbonyl (C=O) groups excluding carboxylic acids is 1. The molecule has 1 aromatic rings. The fraction of sp³-hybridized carbons (Fsp3) is 0.533. The number of nitrogens with one attached hydrogen (secondary N) is 2. The zero-order chi connectivity index (χ0) is 17.8. The van der Waals surface area contributed by atoms with E-state index in [0.29, 0.717) is 18.8 Å². The normalized spacial score (nSPS) is 11.9.